The third-order valence-electron chi connectivity index (χ3n) is 2.97. The molecule has 0 bridgehead atoms. The van der Waals surface area contributed by atoms with Gasteiger partial charge in [-0.05, 0) is 19.1 Å². The average molecular weight is 279 g/mol. The van der Waals surface area contributed by atoms with Crippen LogP contribution in [-0.2, 0) is 4.18 Å². The van der Waals surface area contributed by atoms with Crippen LogP contribution in [0.2, 0.25) is 0 Å². The fourth-order valence-corrected chi connectivity index (χ4v) is 2.46. The second kappa shape index (κ2) is 5.51. The number of rotatable bonds is 3. The van der Waals surface area contributed by atoms with E-state index in [0.29, 0.717) is 10.6 Å². The molecule has 2 unspecified atom stereocenters. The zero-order valence-electron chi connectivity index (χ0n) is 10.5. The molecule has 100 valence electrons. The molecule has 0 spiro atoms. The van der Waals surface area contributed by atoms with Gasteiger partial charge < -0.3 is 14.0 Å². The summed E-state index contributed by atoms with van der Waals surface area (Å²) in [5, 5.41) is 18.7. The summed E-state index contributed by atoms with van der Waals surface area (Å²) in [6.45, 7) is 1.70. The van der Waals surface area contributed by atoms with E-state index in [2.05, 4.69) is 6.07 Å². The van der Waals surface area contributed by atoms with E-state index in [1.54, 1.807) is 13.0 Å². The molecular weight excluding hydrogens is 266 g/mol. The quantitative estimate of drug-likeness (QED) is 0.856. The van der Waals surface area contributed by atoms with Crippen molar-refractivity contribution in [3.63, 3.8) is 0 Å². The van der Waals surface area contributed by atoms with Gasteiger partial charge in [0.2, 0.25) is 0 Å². The van der Waals surface area contributed by atoms with Crippen molar-refractivity contribution < 1.29 is 18.8 Å². The summed E-state index contributed by atoms with van der Waals surface area (Å²) in [7, 11) is 1.50. The standard InChI is InChI=1S/C13H13NO4S/c1-7(6-14)10-5-9(16)12-8(15)3-4-11(19-17-2)13(12)18-10/h3-4,7,10,15H,5H2,1-2H3. The number of ether oxygens (including phenoxy) is 1. The minimum Gasteiger partial charge on any atom is -0.507 e. The maximum absolute atomic E-state index is 12.1. The number of ketones is 1. The number of benzene rings is 1. The van der Waals surface area contributed by atoms with Crippen LogP contribution in [0.15, 0.2) is 17.0 Å². The van der Waals surface area contributed by atoms with Gasteiger partial charge in [0.1, 0.15) is 23.2 Å². The first kappa shape index (κ1) is 13.7. The van der Waals surface area contributed by atoms with E-state index in [4.69, 9.17) is 14.2 Å². The maximum atomic E-state index is 12.1. The molecule has 1 aromatic carbocycles. The predicted molar refractivity (Wildman–Crippen MR) is 69.1 cm³/mol. The summed E-state index contributed by atoms with van der Waals surface area (Å²) >= 11 is 1.05. The lowest BCUT2D eigenvalue weighted by molar-refractivity contribution is 0.0788. The van der Waals surface area contributed by atoms with Crippen LogP contribution < -0.4 is 4.74 Å². The molecule has 19 heavy (non-hydrogen) atoms. The van der Waals surface area contributed by atoms with Crippen molar-refractivity contribution in [3.8, 4) is 17.6 Å². The number of phenols is 1. The highest BCUT2D eigenvalue weighted by Crippen LogP contribution is 2.42. The van der Waals surface area contributed by atoms with Crippen LogP contribution in [0.25, 0.3) is 0 Å². The SMILES string of the molecule is COSc1ccc(O)c2c1OC(C(C)C#N)CC2=O. The molecule has 0 saturated carbocycles. The molecule has 1 heterocycles. The number of nitriles is 1. The molecule has 2 atom stereocenters. The van der Waals surface area contributed by atoms with E-state index in [9.17, 15) is 9.90 Å². The van der Waals surface area contributed by atoms with Crippen molar-refractivity contribution in [2.24, 2.45) is 5.92 Å². The largest absolute Gasteiger partial charge is 0.507 e. The summed E-state index contributed by atoms with van der Waals surface area (Å²) in [6.07, 6.45) is -0.404. The molecule has 0 aromatic heterocycles. The highest BCUT2D eigenvalue weighted by Gasteiger charge is 2.34. The Morgan fingerprint density at radius 1 is 1.63 bits per heavy atom. The van der Waals surface area contributed by atoms with Gasteiger partial charge in [0, 0.05) is 18.5 Å². The molecule has 1 aliphatic heterocycles. The van der Waals surface area contributed by atoms with Crippen LogP contribution in [0, 0.1) is 17.2 Å². The molecule has 0 fully saturated rings. The van der Waals surface area contributed by atoms with Gasteiger partial charge >= 0.3 is 0 Å². The first-order valence-corrected chi connectivity index (χ1v) is 6.48. The smallest absolute Gasteiger partial charge is 0.174 e. The number of nitrogens with zero attached hydrogens (tertiary/aromatic N) is 1. The van der Waals surface area contributed by atoms with E-state index in [1.807, 2.05) is 0 Å². The third kappa shape index (κ3) is 2.53. The first-order valence-electron chi connectivity index (χ1n) is 5.74. The van der Waals surface area contributed by atoms with Crippen molar-refractivity contribution in [3.05, 3.63) is 17.7 Å². The van der Waals surface area contributed by atoms with Gasteiger partial charge in [0.25, 0.3) is 0 Å². The Kier molecular flexibility index (Phi) is 3.98. The zero-order valence-corrected chi connectivity index (χ0v) is 11.4. The van der Waals surface area contributed by atoms with Gasteiger partial charge in [-0.2, -0.15) is 5.26 Å². The van der Waals surface area contributed by atoms with E-state index in [0.717, 1.165) is 12.0 Å². The van der Waals surface area contributed by atoms with Crippen molar-refractivity contribution >= 4 is 17.8 Å². The van der Waals surface area contributed by atoms with Crippen molar-refractivity contribution in [1.82, 2.24) is 0 Å². The number of carbonyl (C=O) groups is 1. The van der Waals surface area contributed by atoms with Crippen LogP contribution in [0.3, 0.4) is 0 Å². The number of Topliss-reactive ketones (excluding diaryl/α,β-unsaturated/α-hetero) is 1. The van der Waals surface area contributed by atoms with Crippen molar-refractivity contribution in [1.29, 1.82) is 5.26 Å². The Morgan fingerprint density at radius 2 is 2.37 bits per heavy atom. The lowest BCUT2D eigenvalue weighted by atomic mass is 9.94. The highest BCUT2D eigenvalue weighted by atomic mass is 32.2. The molecule has 1 aromatic rings. The Morgan fingerprint density at radius 3 is 3.00 bits per heavy atom. The van der Waals surface area contributed by atoms with Crippen LogP contribution in [-0.4, -0.2) is 24.1 Å². The molecule has 2 rings (SSSR count). The first-order chi connectivity index (χ1) is 9.08. The molecule has 1 N–H and O–H groups in total. The second-order valence-electron chi connectivity index (χ2n) is 4.24. The topological polar surface area (TPSA) is 79.5 Å². The fourth-order valence-electron chi connectivity index (χ4n) is 1.93. The molecule has 6 heteroatoms. The van der Waals surface area contributed by atoms with Crippen LogP contribution >= 0.6 is 12.0 Å². The van der Waals surface area contributed by atoms with E-state index in [-0.39, 0.29) is 23.5 Å². The zero-order chi connectivity index (χ0) is 14.0. The number of carbonyl (C=O) groups excluding carboxylic acids is 1. The lowest BCUT2D eigenvalue weighted by Crippen LogP contribution is -2.32. The molecule has 1 aliphatic rings. The maximum Gasteiger partial charge on any atom is 0.174 e. The van der Waals surface area contributed by atoms with Crippen molar-refractivity contribution in [2.45, 2.75) is 24.3 Å². The molecule has 0 radical (unpaired) electrons. The van der Waals surface area contributed by atoms with E-state index >= 15 is 0 Å². The van der Waals surface area contributed by atoms with Gasteiger partial charge in [-0.1, -0.05) is 0 Å². The van der Waals surface area contributed by atoms with Gasteiger partial charge in [0.15, 0.2) is 5.78 Å². The molecule has 0 saturated heterocycles. The monoisotopic (exact) mass is 279 g/mol. The van der Waals surface area contributed by atoms with Gasteiger partial charge in [0.05, 0.1) is 24.0 Å². The molecule has 0 amide bonds. The van der Waals surface area contributed by atoms with Crippen LogP contribution in [0.5, 0.6) is 11.5 Å². The normalized spacial score (nSPS) is 19.2. The van der Waals surface area contributed by atoms with E-state index in [1.165, 1.54) is 13.2 Å². The fraction of sp³-hybridized carbons (Fsp3) is 0.385. The Labute approximate surface area is 115 Å². The molecule has 5 nitrogen and oxygen atoms in total. The average Bonchev–Trinajstić information content (AvgIpc) is 2.40. The predicted octanol–water partition coefficient (Wildman–Crippen LogP) is 2.54. The highest BCUT2D eigenvalue weighted by molar-refractivity contribution is 7.94. The summed E-state index contributed by atoms with van der Waals surface area (Å²) in [4.78, 5) is 12.7. The minimum atomic E-state index is -0.497. The third-order valence-corrected chi connectivity index (χ3v) is 3.64. The van der Waals surface area contributed by atoms with Gasteiger partial charge in [-0.25, -0.2) is 0 Å². The van der Waals surface area contributed by atoms with Crippen molar-refractivity contribution in [2.75, 3.05) is 7.11 Å². The summed E-state index contributed by atoms with van der Waals surface area (Å²) in [5.41, 5.74) is 0.170. The summed E-state index contributed by atoms with van der Waals surface area (Å²) < 4.78 is 10.7. The van der Waals surface area contributed by atoms with Gasteiger partial charge in [-0.15, -0.1) is 0 Å². The number of hydrogen-bond donors (Lipinski definition) is 1. The van der Waals surface area contributed by atoms with Crippen LogP contribution in [0.4, 0.5) is 0 Å². The van der Waals surface area contributed by atoms with Gasteiger partial charge in [-0.3, -0.25) is 4.79 Å². The Balaban J connectivity index is 2.46. The van der Waals surface area contributed by atoms with E-state index < -0.39 is 12.0 Å². The Hall–Kier alpha value is -1.71. The lowest BCUT2D eigenvalue weighted by Gasteiger charge is -2.28. The number of hydrogen-bond acceptors (Lipinski definition) is 6. The summed E-state index contributed by atoms with van der Waals surface area (Å²) in [5.74, 6) is -0.428. The Bertz CT molecular complexity index is 552. The number of phenolic OH excluding ortho intramolecular Hbond substituents is 1. The summed E-state index contributed by atoms with van der Waals surface area (Å²) in [6, 6.07) is 5.13. The second-order valence-corrected chi connectivity index (χ2v) is 5.18. The number of aromatic hydroxyl groups is 1. The molecule has 0 aliphatic carbocycles. The van der Waals surface area contributed by atoms with Crippen LogP contribution in [0.1, 0.15) is 23.7 Å². The minimum absolute atomic E-state index is 0.0936. The number of fused-ring (bicyclic) bond motifs is 1. The molecular formula is C13H13NO4S.